The summed E-state index contributed by atoms with van der Waals surface area (Å²) in [5.74, 6) is 0.140. The van der Waals surface area contributed by atoms with Gasteiger partial charge in [0.25, 0.3) is 0 Å². The van der Waals surface area contributed by atoms with Crippen LogP contribution in [0.2, 0.25) is 0 Å². The van der Waals surface area contributed by atoms with Gasteiger partial charge in [-0.25, -0.2) is 14.6 Å². The molecule has 0 aliphatic carbocycles. The summed E-state index contributed by atoms with van der Waals surface area (Å²) in [5.41, 5.74) is -0.770. The third-order valence-electron chi connectivity index (χ3n) is 4.09. The highest BCUT2D eigenvalue weighted by atomic mass is 16.5. The zero-order valence-corrected chi connectivity index (χ0v) is 16.2. The molecule has 0 bridgehead atoms. The molecule has 0 unspecified atom stereocenters. The summed E-state index contributed by atoms with van der Waals surface area (Å²) in [6.07, 6.45) is 3.69. The van der Waals surface area contributed by atoms with Crippen molar-refractivity contribution in [2.75, 3.05) is 6.61 Å². The van der Waals surface area contributed by atoms with E-state index < -0.39 is 29.1 Å². The molecule has 0 spiro atoms. The van der Waals surface area contributed by atoms with Gasteiger partial charge >= 0.3 is 0 Å². The van der Waals surface area contributed by atoms with E-state index in [0.29, 0.717) is 23.7 Å². The number of ether oxygens (including phenoxy) is 1. The lowest BCUT2D eigenvalue weighted by Crippen LogP contribution is -2.21. The standard InChI is InChI=1S/C21H18N6O3/c1-3-30-17-11-22-21(23-12-17)15-6-4-5-14(9-15)20(29)19-18(28)7-8-27(25-19)16-10-24-26(2)13-16/h4-13H,3H2,1-2H3/i7D,8D,10D. The van der Waals surface area contributed by atoms with Crippen molar-refractivity contribution in [1.29, 1.82) is 0 Å². The van der Waals surface area contributed by atoms with Gasteiger partial charge in [0.1, 0.15) is 5.69 Å². The summed E-state index contributed by atoms with van der Waals surface area (Å²) in [6.45, 7) is 2.33. The third kappa shape index (κ3) is 3.86. The monoisotopic (exact) mass is 405 g/mol. The topological polar surface area (TPSA) is 105 Å². The van der Waals surface area contributed by atoms with Crippen LogP contribution in [0.5, 0.6) is 5.75 Å². The van der Waals surface area contributed by atoms with Crippen LogP contribution in [0.1, 0.15) is 27.1 Å². The van der Waals surface area contributed by atoms with E-state index in [4.69, 9.17) is 8.85 Å². The molecule has 9 heteroatoms. The van der Waals surface area contributed by atoms with Crippen LogP contribution in [-0.4, -0.2) is 41.9 Å². The highest BCUT2D eigenvalue weighted by Gasteiger charge is 2.17. The Labute approximate surface area is 175 Å². The van der Waals surface area contributed by atoms with Crippen LogP contribution >= 0.6 is 0 Å². The number of benzene rings is 1. The summed E-state index contributed by atoms with van der Waals surface area (Å²) in [6, 6.07) is 5.64. The molecule has 150 valence electrons. The Morgan fingerprint density at radius 3 is 2.77 bits per heavy atom. The van der Waals surface area contributed by atoms with Gasteiger partial charge in [-0.2, -0.15) is 10.2 Å². The smallest absolute Gasteiger partial charge is 0.217 e. The van der Waals surface area contributed by atoms with E-state index in [2.05, 4.69) is 20.2 Å². The van der Waals surface area contributed by atoms with Crippen molar-refractivity contribution < 1.29 is 13.6 Å². The Balaban J connectivity index is 1.76. The molecular formula is C21H18N6O3. The molecule has 4 rings (SSSR count). The molecule has 9 nitrogen and oxygen atoms in total. The molecule has 0 saturated carbocycles. The summed E-state index contributed by atoms with van der Waals surface area (Å²) in [7, 11) is 1.58. The number of rotatable bonds is 6. The average molecular weight is 405 g/mol. The van der Waals surface area contributed by atoms with Gasteiger partial charge in [-0.15, -0.1) is 0 Å². The quantitative estimate of drug-likeness (QED) is 0.452. The van der Waals surface area contributed by atoms with Crippen LogP contribution in [0.15, 0.2) is 66.0 Å². The van der Waals surface area contributed by atoms with Crippen LogP contribution in [0.3, 0.4) is 0 Å². The van der Waals surface area contributed by atoms with Gasteiger partial charge in [-0.3, -0.25) is 14.3 Å². The lowest BCUT2D eigenvalue weighted by molar-refractivity contribution is 0.103. The maximum absolute atomic E-state index is 13.2. The van der Waals surface area contributed by atoms with Crippen molar-refractivity contribution in [3.63, 3.8) is 0 Å². The molecule has 3 heterocycles. The number of aromatic nitrogens is 6. The van der Waals surface area contributed by atoms with E-state index in [1.807, 2.05) is 6.92 Å². The maximum atomic E-state index is 13.2. The van der Waals surface area contributed by atoms with Crippen LogP contribution < -0.4 is 10.2 Å². The lowest BCUT2D eigenvalue weighted by Gasteiger charge is -2.07. The predicted molar refractivity (Wildman–Crippen MR) is 109 cm³/mol. The summed E-state index contributed by atoms with van der Waals surface area (Å²) < 4.78 is 31.6. The van der Waals surface area contributed by atoms with Crippen LogP contribution in [-0.2, 0) is 7.05 Å². The Bertz CT molecular complexity index is 1420. The first-order valence-corrected chi connectivity index (χ1v) is 9.01. The number of hydrogen-bond donors (Lipinski definition) is 0. The SMILES string of the molecule is [2H]c1nn(C)cc1-n1nc(C(=O)c2cccc(-c3ncc(OCC)cn3)c2)c(=O)c([2H])c1[2H]. The molecular weight excluding hydrogens is 384 g/mol. The summed E-state index contributed by atoms with van der Waals surface area (Å²) in [4.78, 5) is 34.3. The maximum Gasteiger partial charge on any atom is 0.217 e. The number of ketones is 1. The van der Waals surface area contributed by atoms with Gasteiger partial charge in [0.05, 0.1) is 35.5 Å². The van der Waals surface area contributed by atoms with Gasteiger partial charge < -0.3 is 4.74 Å². The second-order valence-corrected chi connectivity index (χ2v) is 6.21. The van der Waals surface area contributed by atoms with E-state index in [9.17, 15) is 9.59 Å². The summed E-state index contributed by atoms with van der Waals surface area (Å²) in [5, 5.41) is 7.88. The van der Waals surface area contributed by atoms with Gasteiger partial charge in [0.2, 0.25) is 11.2 Å². The second-order valence-electron chi connectivity index (χ2n) is 6.21. The number of hydrogen-bond acceptors (Lipinski definition) is 7. The molecule has 0 saturated heterocycles. The normalized spacial score (nSPS) is 12.1. The van der Waals surface area contributed by atoms with Gasteiger partial charge in [-0.05, 0) is 13.0 Å². The highest BCUT2D eigenvalue weighted by Crippen LogP contribution is 2.19. The minimum Gasteiger partial charge on any atom is -0.491 e. The van der Waals surface area contributed by atoms with E-state index in [-0.39, 0.29) is 17.4 Å². The zero-order valence-electron chi connectivity index (χ0n) is 19.2. The van der Waals surface area contributed by atoms with Crippen molar-refractivity contribution in [1.82, 2.24) is 29.5 Å². The number of nitrogens with zero attached hydrogens (tertiary/aromatic N) is 6. The molecule has 30 heavy (non-hydrogen) atoms. The molecule has 0 N–H and O–H groups in total. The van der Waals surface area contributed by atoms with E-state index in [1.54, 1.807) is 19.2 Å². The Kier molecular flexibility index (Phi) is 4.24. The lowest BCUT2D eigenvalue weighted by atomic mass is 10.0. The largest absolute Gasteiger partial charge is 0.491 e. The predicted octanol–water partition coefficient (Wildman–Crippen LogP) is 2.05. The van der Waals surface area contributed by atoms with Gasteiger partial charge in [-0.1, -0.05) is 18.2 Å². The van der Waals surface area contributed by atoms with E-state index in [1.165, 1.54) is 35.4 Å². The molecule has 0 radical (unpaired) electrons. The van der Waals surface area contributed by atoms with Crippen molar-refractivity contribution in [2.45, 2.75) is 6.92 Å². The molecule has 1 aromatic carbocycles. The Morgan fingerprint density at radius 2 is 2.07 bits per heavy atom. The molecule has 4 aromatic rings. The molecule has 0 aliphatic rings. The fourth-order valence-corrected chi connectivity index (χ4v) is 2.71. The van der Waals surface area contributed by atoms with Crippen LogP contribution in [0, 0.1) is 0 Å². The van der Waals surface area contributed by atoms with Crippen molar-refractivity contribution >= 4 is 5.78 Å². The molecule has 0 amide bonds. The summed E-state index contributed by atoms with van der Waals surface area (Å²) >= 11 is 0. The highest BCUT2D eigenvalue weighted by molar-refractivity contribution is 6.08. The fourth-order valence-electron chi connectivity index (χ4n) is 2.71. The third-order valence-corrected chi connectivity index (χ3v) is 4.09. The van der Waals surface area contributed by atoms with E-state index in [0.717, 1.165) is 4.68 Å². The minimum atomic E-state index is -0.973. The van der Waals surface area contributed by atoms with Gasteiger partial charge in [0.15, 0.2) is 17.3 Å². The van der Waals surface area contributed by atoms with Crippen LogP contribution in [0.4, 0.5) is 0 Å². The van der Waals surface area contributed by atoms with Crippen LogP contribution in [0.25, 0.3) is 17.1 Å². The molecule has 3 aromatic heterocycles. The first kappa shape index (κ1) is 15.7. The van der Waals surface area contributed by atoms with Gasteiger partial charge in [0, 0.05) is 30.4 Å². The van der Waals surface area contributed by atoms with E-state index >= 15 is 0 Å². The first-order chi connectivity index (χ1) is 15.8. The number of carbonyl (C=O) groups is 1. The minimum absolute atomic E-state index is 0.0709. The fraction of sp³-hybridized carbons (Fsp3) is 0.143. The Morgan fingerprint density at radius 1 is 1.27 bits per heavy atom. The zero-order chi connectivity index (χ0) is 23.7. The molecule has 0 atom stereocenters. The van der Waals surface area contributed by atoms with Crippen molar-refractivity contribution in [2.24, 2.45) is 7.05 Å². The first-order valence-electron chi connectivity index (χ1n) is 10.5. The van der Waals surface area contributed by atoms with Crippen molar-refractivity contribution in [3.05, 3.63) is 82.7 Å². The average Bonchev–Trinajstić information content (AvgIpc) is 3.15. The Hall–Kier alpha value is -4.14. The number of carbonyl (C=O) groups excluding carboxylic acids is 1. The number of aryl methyl sites for hydroxylation is 1. The molecule has 0 aliphatic heterocycles. The van der Waals surface area contributed by atoms with Crippen molar-refractivity contribution in [3.8, 4) is 22.8 Å². The molecule has 0 fully saturated rings. The second kappa shape index (κ2) is 8.08.